The van der Waals surface area contributed by atoms with Gasteiger partial charge in [-0.25, -0.2) is 4.79 Å². The molecule has 5 rings (SSSR count). The van der Waals surface area contributed by atoms with Crippen LogP contribution in [0.5, 0.6) is 5.75 Å². The fourth-order valence-corrected chi connectivity index (χ4v) is 4.68. The molecule has 0 aliphatic carbocycles. The normalized spacial score (nSPS) is 15.3. The SMILES string of the molecule is COC(=O)c1ccc(CN2C(=O)C(O)=C(C(=O)c3cc4cc(Cl)ccc4o3)C2c2ccc(OC)cc2)cc1. The third kappa shape index (κ3) is 4.50. The summed E-state index contributed by atoms with van der Waals surface area (Å²) >= 11 is 6.07. The fraction of sp³-hybridized carbons (Fsp3) is 0.138. The summed E-state index contributed by atoms with van der Waals surface area (Å²) in [6, 6.07) is 19.0. The van der Waals surface area contributed by atoms with Gasteiger partial charge in [-0.05, 0) is 59.7 Å². The number of Topliss-reactive ketones (excluding diaryl/α,β-unsaturated/α-hetero) is 1. The third-order valence-electron chi connectivity index (χ3n) is 6.41. The van der Waals surface area contributed by atoms with E-state index in [1.54, 1.807) is 66.7 Å². The van der Waals surface area contributed by atoms with Crippen LogP contribution in [0.15, 0.2) is 88.5 Å². The maximum atomic E-state index is 13.7. The summed E-state index contributed by atoms with van der Waals surface area (Å²) < 4.78 is 15.7. The molecule has 3 aromatic carbocycles. The molecule has 0 bridgehead atoms. The Morgan fingerprint density at radius 2 is 1.71 bits per heavy atom. The number of furan rings is 1. The average Bonchev–Trinajstić information content (AvgIpc) is 3.47. The Hall–Kier alpha value is -4.56. The molecule has 1 unspecified atom stereocenters. The molecule has 2 heterocycles. The van der Waals surface area contributed by atoms with Crippen LogP contribution in [0.3, 0.4) is 0 Å². The smallest absolute Gasteiger partial charge is 0.337 e. The number of rotatable bonds is 7. The summed E-state index contributed by atoms with van der Waals surface area (Å²) in [5, 5.41) is 12.1. The predicted molar refractivity (Wildman–Crippen MR) is 139 cm³/mol. The van der Waals surface area contributed by atoms with Crippen molar-refractivity contribution in [1.82, 2.24) is 4.90 Å². The highest BCUT2D eigenvalue weighted by Gasteiger charge is 2.44. The van der Waals surface area contributed by atoms with Crippen molar-refractivity contribution in [3.05, 3.63) is 112 Å². The van der Waals surface area contributed by atoms with Gasteiger partial charge in [-0.15, -0.1) is 0 Å². The minimum Gasteiger partial charge on any atom is -0.503 e. The first-order valence-corrected chi connectivity index (χ1v) is 12.0. The number of hydrogen-bond donors (Lipinski definition) is 1. The quantitative estimate of drug-likeness (QED) is 0.242. The second kappa shape index (κ2) is 10.1. The predicted octanol–water partition coefficient (Wildman–Crippen LogP) is 5.66. The zero-order valence-electron chi connectivity index (χ0n) is 20.4. The first kappa shape index (κ1) is 25.1. The number of carbonyl (C=O) groups excluding carboxylic acids is 3. The molecule has 0 fully saturated rings. The lowest BCUT2D eigenvalue weighted by molar-refractivity contribution is -0.130. The topological polar surface area (TPSA) is 106 Å². The van der Waals surface area contributed by atoms with Gasteiger partial charge in [-0.1, -0.05) is 35.9 Å². The standard InChI is InChI=1S/C29H22ClNO7/c1-36-21-10-7-17(8-11-21)25-24(26(32)23-14-19-13-20(30)9-12-22(19)38-23)27(33)28(34)31(25)15-16-3-5-18(6-4-16)29(35)37-2/h3-14,25,33H,15H2,1-2H3. The maximum absolute atomic E-state index is 13.7. The van der Waals surface area contributed by atoms with E-state index in [-0.39, 0.29) is 17.9 Å². The van der Waals surface area contributed by atoms with Crippen LogP contribution in [-0.4, -0.2) is 41.9 Å². The van der Waals surface area contributed by atoms with Crippen molar-refractivity contribution in [2.24, 2.45) is 0 Å². The number of benzene rings is 3. The Morgan fingerprint density at radius 1 is 1.00 bits per heavy atom. The monoisotopic (exact) mass is 531 g/mol. The highest BCUT2D eigenvalue weighted by molar-refractivity contribution is 6.31. The molecule has 1 aliphatic heterocycles. The largest absolute Gasteiger partial charge is 0.503 e. The maximum Gasteiger partial charge on any atom is 0.337 e. The second-order valence-electron chi connectivity index (χ2n) is 8.68. The van der Waals surface area contributed by atoms with Gasteiger partial charge in [-0.2, -0.15) is 0 Å². The Kier molecular flexibility index (Phi) is 6.65. The van der Waals surface area contributed by atoms with Gasteiger partial charge in [0.15, 0.2) is 11.5 Å². The summed E-state index contributed by atoms with van der Waals surface area (Å²) in [6.45, 7) is 0.0631. The van der Waals surface area contributed by atoms with Gasteiger partial charge in [0.1, 0.15) is 11.3 Å². The van der Waals surface area contributed by atoms with Crippen LogP contribution < -0.4 is 4.74 Å². The molecule has 38 heavy (non-hydrogen) atoms. The van der Waals surface area contributed by atoms with Crippen LogP contribution in [0, 0.1) is 0 Å². The molecule has 1 atom stereocenters. The van der Waals surface area contributed by atoms with E-state index in [2.05, 4.69) is 0 Å². The molecule has 9 heteroatoms. The van der Waals surface area contributed by atoms with Crippen molar-refractivity contribution in [2.45, 2.75) is 12.6 Å². The number of fused-ring (bicyclic) bond motifs is 1. The van der Waals surface area contributed by atoms with Gasteiger partial charge in [0, 0.05) is 17.0 Å². The number of ketones is 1. The number of ether oxygens (including phenoxy) is 2. The van der Waals surface area contributed by atoms with Gasteiger partial charge in [0.2, 0.25) is 5.78 Å². The Bertz CT molecular complexity index is 1590. The highest BCUT2D eigenvalue weighted by Crippen LogP contribution is 2.41. The minimum atomic E-state index is -0.905. The molecule has 0 radical (unpaired) electrons. The molecular weight excluding hydrogens is 510 g/mol. The number of hydrogen-bond acceptors (Lipinski definition) is 7. The Morgan fingerprint density at radius 3 is 2.37 bits per heavy atom. The van der Waals surface area contributed by atoms with Crippen LogP contribution in [0.2, 0.25) is 5.02 Å². The highest BCUT2D eigenvalue weighted by atomic mass is 35.5. The van der Waals surface area contributed by atoms with Crippen molar-refractivity contribution >= 4 is 40.2 Å². The molecular formula is C29H22ClNO7. The van der Waals surface area contributed by atoms with Gasteiger partial charge in [0.05, 0.1) is 31.4 Å². The summed E-state index contributed by atoms with van der Waals surface area (Å²) in [5.41, 5.74) is 1.99. The Balaban J connectivity index is 1.55. The summed E-state index contributed by atoms with van der Waals surface area (Å²) in [5.74, 6) is -1.89. The van der Waals surface area contributed by atoms with Crippen LogP contribution in [0.25, 0.3) is 11.0 Å². The molecule has 0 saturated heterocycles. The molecule has 192 valence electrons. The van der Waals surface area contributed by atoms with Gasteiger partial charge in [-0.3, -0.25) is 9.59 Å². The Labute approximate surface area is 222 Å². The van der Waals surface area contributed by atoms with E-state index in [0.717, 1.165) is 0 Å². The van der Waals surface area contributed by atoms with E-state index < -0.39 is 29.5 Å². The number of nitrogens with zero attached hydrogens (tertiary/aromatic N) is 1. The van der Waals surface area contributed by atoms with Gasteiger partial charge < -0.3 is 23.9 Å². The second-order valence-corrected chi connectivity index (χ2v) is 9.12. The number of halogens is 1. The number of esters is 1. The molecule has 0 saturated carbocycles. The lowest BCUT2D eigenvalue weighted by Crippen LogP contribution is -2.30. The molecule has 1 aliphatic rings. The van der Waals surface area contributed by atoms with Crippen LogP contribution in [0.4, 0.5) is 0 Å². The van der Waals surface area contributed by atoms with Crippen LogP contribution in [-0.2, 0) is 16.1 Å². The van der Waals surface area contributed by atoms with E-state index in [4.69, 9.17) is 25.5 Å². The molecule has 1 amide bonds. The van der Waals surface area contributed by atoms with Crippen molar-refractivity contribution in [1.29, 1.82) is 0 Å². The summed E-state index contributed by atoms with van der Waals surface area (Å²) in [6.07, 6.45) is 0. The zero-order valence-corrected chi connectivity index (χ0v) is 21.2. The molecule has 0 spiro atoms. The zero-order chi connectivity index (χ0) is 27.0. The van der Waals surface area contributed by atoms with Crippen molar-refractivity contribution in [2.75, 3.05) is 14.2 Å². The van der Waals surface area contributed by atoms with Gasteiger partial charge >= 0.3 is 5.97 Å². The summed E-state index contributed by atoms with van der Waals surface area (Å²) in [4.78, 5) is 40.2. The van der Waals surface area contributed by atoms with Crippen molar-refractivity contribution in [3.8, 4) is 5.75 Å². The molecule has 4 aromatic rings. The number of amides is 1. The number of aliphatic hydroxyl groups is 1. The minimum absolute atomic E-state index is 0.0283. The summed E-state index contributed by atoms with van der Waals surface area (Å²) in [7, 11) is 2.83. The third-order valence-corrected chi connectivity index (χ3v) is 6.65. The fourth-order valence-electron chi connectivity index (χ4n) is 4.50. The number of methoxy groups -OCH3 is 2. The average molecular weight is 532 g/mol. The van der Waals surface area contributed by atoms with Gasteiger partial charge in [0.25, 0.3) is 5.91 Å². The van der Waals surface area contributed by atoms with Crippen molar-refractivity contribution in [3.63, 3.8) is 0 Å². The molecule has 1 aromatic heterocycles. The lowest BCUT2D eigenvalue weighted by Gasteiger charge is -2.27. The van der Waals surface area contributed by atoms with Crippen LogP contribution in [0.1, 0.15) is 38.1 Å². The van der Waals surface area contributed by atoms with E-state index in [0.29, 0.717) is 38.4 Å². The van der Waals surface area contributed by atoms with Crippen LogP contribution >= 0.6 is 11.6 Å². The first-order valence-electron chi connectivity index (χ1n) is 11.6. The van der Waals surface area contributed by atoms with E-state index in [1.807, 2.05) is 0 Å². The number of aliphatic hydroxyl groups excluding tert-OH is 1. The first-order chi connectivity index (χ1) is 18.3. The van der Waals surface area contributed by atoms with E-state index in [9.17, 15) is 19.5 Å². The lowest BCUT2D eigenvalue weighted by atomic mass is 9.94. The van der Waals surface area contributed by atoms with E-state index in [1.165, 1.54) is 25.2 Å². The molecule has 1 N–H and O–H groups in total. The number of carbonyl (C=O) groups is 3. The van der Waals surface area contributed by atoms with Crippen molar-refractivity contribution < 1.29 is 33.4 Å². The molecule has 8 nitrogen and oxygen atoms in total. The van der Waals surface area contributed by atoms with E-state index >= 15 is 0 Å².